The first kappa shape index (κ1) is 21.2. The molecule has 0 radical (unpaired) electrons. The van der Waals surface area contributed by atoms with Crippen LogP contribution in [0.5, 0.6) is 5.88 Å². The summed E-state index contributed by atoms with van der Waals surface area (Å²) in [5.74, 6) is 6.25. The van der Waals surface area contributed by atoms with E-state index < -0.39 is 37.1 Å². The molecule has 9 heteroatoms. The lowest BCUT2D eigenvalue weighted by Crippen LogP contribution is -2.58. The van der Waals surface area contributed by atoms with Gasteiger partial charge in [-0.2, -0.15) is 5.10 Å². The number of H-pyrrole nitrogens is 1. The highest BCUT2D eigenvalue weighted by molar-refractivity contribution is 5.90. The van der Waals surface area contributed by atoms with Crippen LogP contribution in [-0.2, 0) is 4.74 Å². The van der Waals surface area contributed by atoms with Crippen LogP contribution in [0.2, 0.25) is 0 Å². The van der Waals surface area contributed by atoms with Crippen LogP contribution in [0.3, 0.4) is 0 Å². The maximum Gasteiger partial charge on any atom is 0.221 e. The molecular weight excluding hydrogens is 402 g/mol. The first-order valence-electron chi connectivity index (χ1n) is 9.73. The standard InChI is InChI=1S/C22H23N3O6/c1-11-5-15(22(30-2)23-8-11)13-6-12(18-14(7-13)9-24-25-18)3-4-16-19(27)21(29)20(28)17(10-26)31-16/h5-9,16-17,19-21,26-29H,10H2,1-2H3,(H,24,25)/t16?,17?,19?,20-,21?/m1/s1. The highest BCUT2D eigenvalue weighted by Crippen LogP contribution is 2.32. The van der Waals surface area contributed by atoms with Gasteiger partial charge in [-0.15, -0.1) is 0 Å². The van der Waals surface area contributed by atoms with Crippen LogP contribution in [0.1, 0.15) is 11.1 Å². The molecule has 4 rings (SSSR count). The Morgan fingerprint density at radius 2 is 1.94 bits per heavy atom. The van der Waals surface area contributed by atoms with Gasteiger partial charge in [0.05, 0.1) is 31.0 Å². The quantitative estimate of drug-likeness (QED) is 0.373. The van der Waals surface area contributed by atoms with E-state index in [1.807, 2.05) is 25.1 Å². The Morgan fingerprint density at radius 1 is 1.13 bits per heavy atom. The Labute approximate surface area is 178 Å². The smallest absolute Gasteiger partial charge is 0.221 e. The third-order valence-corrected chi connectivity index (χ3v) is 5.28. The van der Waals surface area contributed by atoms with Gasteiger partial charge in [-0.25, -0.2) is 4.98 Å². The topological polar surface area (TPSA) is 141 Å². The number of aromatic nitrogens is 3. The monoisotopic (exact) mass is 425 g/mol. The van der Waals surface area contributed by atoms with Crippen molar-refractivity contribution >= 4 is 10.9 Å². The van der Waals surface area contributed by atoms with E-state index in [0.29, 0.717) is 17.0 Å². The molecule has 1 aliphatic rings. The number of methoxy groups -OCH3 is 1. The van der Waals surface area contributed by atoms with Gasteiger partial charge < -0.3 is 29.9 Å². The first-order valence-corrected chi connectivity index (χ1v) is 9.73. The minimum atomic E-state index is -1.48. The largest absolute Gasteiger partial charge is 0.481 e. The Hall–Kier alpha value is -3.00. The maximum atomic E-state index is 10.2. The Balaban J connectivity index is 1.76. The molecule has 0 bridgehead atoms. The van der Waals surface area contributed by atoms with Gasteiger partial charge in [-0.05, 0) is 36.2 Å². The number of aromatic amines is 1. The lowest BCUT2D eigenvalue weighted by Gasteiger charge is -2.37. The third kappa shape index (κ3) is 3.99. The lowest BCUT2D eigenvalue weighted by molar-refractivity contribution is -0.214. The second kappa shape index (κ2) is 8.63. The van der Waals surface area contributed by atoms with Gasteiger partial charge in [0.2, 0.25) is 5.88 Å². The minimum absolute atomic E-state index is 0.473. The van der Waals surface area contributed by atoms with Gasteiger partial charge >= 0.3 is 0 Å². The van der Waals surface area contributed by atoms with Crippen molar-refractivity contribution in [2.45, 2.75) is 37.4 Å². The van der Waals surface area contributed by atoms with Gasteiger partial charge in [0, 0.05) is 17.1 Å². The van der Waals surface area contributed by atoms with E-state index in [-0.39, 0.29) is 0 Å². The number of hydrogen-bond donors (Lipinski definition) is 5. The molecule has 0 saturated carbocycles. The molecule has 5 N–H and O–H groups in total. The molecule has 0 amide bonds. The predicted octanol–water partition coefficient (Wildman–Crippen LogP) is 0.136. The maximum absolute atomic E-state index is 10.2. The zero-order valence-electron chi connectivity index (χ0n) is 17.0. The number of rotatable bonds is 3. The van der Waals surface area contributed by atoms with Crippen molar-refractivity contribution in [3.05, 3.63) is 41.7 Å². The van der Waals surface area contributed by atoms with E-state index in [2.05, 4.69) is 27.0 Å². The van der Waals surface area contributed by atoms with E-state index in [0.717, 1.165) is 22.1 Å². The highest BCUT2D eigenvalue weighted by atomic mass is 16.5. The number of nitrogens with zero attached hydrogens (tertiary/aromatic N) is 2. The number of aryl methyl sites for hydroxylation is 1. The molecule has 5 atom stereocenters. The number of ether oxygens (including phenoxy) is 2. The molecular formula is C22H23N3O6. The Morgan fingerprint density at radius 3 is 2.68 bits per heavy atom. The van der Waals surface area contributed by atoms with Crippen LogP contribution >= 0.6 is 0 Å². The molecule has 1 fully saturated rings. The Bertz CT molecular complexity index is 1150. The van der Waals surface area contributed by atoms with Crippen molar-refractivity contribution in [2.24, 2.45) is 0 Å². The molecule has 1 aromatic carbocycles. The summed E-state index contributed by atoms with van der Waals surface area (Å²) < 4.78 is 10.9. The van der Waals surface area contributed by atoms with Crippen LogP contribution in [-0.4, -0.2) is 79.8 Å². The number of aliphatic hydroxyl groups is 4. The summed E-state index contributed by atoms with van der Waals surface area (Å²) in [6, 6.07) is 5.75. The van der Waals surface area contributed by atoms with Gasteiger partial charge in [0.1, 0.15) is 30.5 Å². The van der Waals surface area contributed by atoms with Crippen LogP contribution in [0.4, 0.5) is 0 Å². The normalized spacial score (nSPS) is 25.8. The average molecular weight is 425 g/mol. The number of aliphatic hydroxyl groups excluding tert-OH is 4. The molecule has 0 spiro atoms. The Kier molecular flexibility index (Phi) is 5.91. The number of pyridine rings is 1. The second-order valence-corrected chi connectivity index (χ2v) is 7.45. The van der Waals surface area contributed by atoms with E-state index in [9.17, 15) is 20.4 Å². The van der Waals surface area contributed by atoms with Crippen LogP contribution in [0.25, 0.3) is 22.0 Å². The summed E-state index contributed by atoms with van der Waals surface area (Å²) >= 11 is 0. The number of benzene rings is 1. The summed E-state index contributed by atoms with van der Waals surface area (Å²) in [6.07, 6.45) is -3.04. The minimum Gasteiger partial charge on any atom is -0.481 e. The molecule has 162 valence electrons. The van der Waals surface area contributed by atoms with E-state index in [1.165, 1.54) is 0 Å². The summed E-state index contributed by atoms with van der Waals surface area (Å²) in [5, 5.41) is 47.3. The number of fused-ring (bicyclic) bond motifs is 1. The van der Waals surface area contributed by atoms with E-state index >= 15 is 0 Å². The van der Waals surface area contributed by atoms with Crippen molar-refractivity contribution in [1.29, 1.82) is 0 Å². The molecule has 3 aromatic rings. The molecule has 4 unspecified atom stereocenters. The molecule has 1 aliphatic heterocycles. The van der Waals surface area contributed by atoms with Crippen LogP contribution < -0.4 is 4.74 Å². The first-order chi connectivity index (χ1) is 14.9. The lowest BCUT2D eigenvalue weighted by atomic mass is 9.95. The van der Waals surface area contributed by atoms with Crippen molar-refractivity contribution in [2.75, 3.05) is 13.7 Å². The van der Waals surface area contributed by atoms with E-state index in [1.54, 1.807) is 19.5 Å². The van der Waals surface area contributed by atoms with Crippen molar-refractivity contribution in [1.82, 2.24) is 15.2 Å². The molecule has 0 aliphatic carbocycles. The van der Waals surface area contributed by atoms with Gasteiger partial charge in [-0.3, -0.25) is 5.10 Å². The molecule has 9 nitrogen and oxygen atoms in total. The zero-order valence-corrected chi connectivity index (χ0v) is 17.0. The summed E-state index contributed by atoms with van der Waals surface area (Å²) in [5.41, 5.74) is 3.87. The fourth-order valence-electron chi connectivity index (χ4n) is 3.61. The van der Waals surface area contributed by atoms with Crippen LogP contribution in [0.15, 0.2) is 30.6 Å². The highest BCUT2D eigenvalue weighted by Gasteiger charge is 2.42. The zero-order chi connectivity index (χ0) is 22.1. The van der Waals surface area contributed by atoms with Gasteiger partial charge in [0.15, 0.2) is 0 Å². The molecule has 1 saturated heterocycles. The predicted molar refractivity (Wildman–Crippen MR) is 111 cm³/mol. The fraction of sp³-hybridized carbons (Fsp3) is 0.364. The molecule has 2 aromatic heterocycles. The van der Waals surface area contributed by atoms with Crippen molar-refractivity contribution in [3.63, 3.8) is 0 Å². The third-order valence-electron chi connectivity index (χ3n) is 5.28. The average Bonchev–Trinajstić information content (AvgIpc) is 3.25. The second-order valence-electron chi connectivity index (χ2n) is 7.45. The number of nitrogens with one attached hydrogen (secondary N) is 1. The molecule has 31 heavy (non-hydrogen) atoms. The van der Waals surface area contributed by atoms with Crippen molar-refractivity contribution < 1.29 is 29.9 Å². The SMILES string of the molecule is COc1ncc(C)cc1-c1cc(C#CC2OC(CO)[C@@H](O)C(O)C2O)c2[nH]ncc2c1. The van der Waals surface area contributed by atoms with Gasteiger partial charge in [-0.1, -0.05) is 11.8 Å². The molecule has 3 heterocycles. The fourth-order valence-corrected chi connectivity index (χ4v) is 3.61. The number of hydrogen-bond acceptors (Lipinski definition) is 8. The summed E-state index contributed by atoms with van der Waals surface area (Å²) in [7, 11) is 1.55. The van der Waals surface area contributed by atoms with E-state index in [4.69, 9.17) is 9.47 Å². The van der Waals surface area contributed by atoms with Gasteiger partial charge in [0.25, 0.3) is 0 Å². The summed E-state index contributed by atoms with van der Waals surface area (Å²) in [4.78, 5) is 4.32. The summed E-state index contributed by atoms with van der Waals surface area (Å²) in [6.45, 7) is 1.43. The van der Waals surface area contributed by atoms with Crippen molar-refractivity contribution in [3.8, 4) is 28.8 Å². The van der Waals surface area contributed by atoms with Crippen LogP contribution in [0, 0.1) is 18.8 Å².